The van der Waals surface area contributed by atoms with Gasteiger partial charge in [0.05, 0.1) is 16.9 Å². The first kappa shape index (κ1) is 18.7. The van der Waals surface area contributed by atoms with Crippen molar-refractivity contribution in [2.45, 2.75) is 70.8 Å². The van der Waals surface area contributed by atoms with Crippen molar-refractivity contribution < 1.29 is 9.59 Å². The molecule has 0 aromatic heterocycles. The highest BCUT2D eigenvalue weighted by Crippen LogP contribution is 2.28. The number of nitrogens with zero attached hydrogens (tertiary/aromatic N) is 2. The van der Waals surface area contributed by atoms with E-state index in [1.807, 2.05) is 4.90 Å². The molecule has 6 heteroatoms. The number of hydrogen-bond donors (Lipinski definition) is 1. The average molecular weight is 367 g/mol. The summed E-state index contributed by atoms with van der Waals surface area (Å²) in [4.78, 5) is 31.5. The molecule has 1 aliphatic carbocycles. The summed E-state index contributed by atoms with van der Waals surface area (Å²) in [6.45, 7) is 3.93. The van der Waals surface area contributed by atoms with Crippen LogP contribution in [0.4, 0.5) is 0 Å². The zero-order chi connectivity index (χ0) is 17.6. The van der Waals surface area contributed by atoms with Crippen LogP contribution in [0.15, 0.2) is 4.99 Å². The Morgan fingerprint density at radius 2 is 1.80 bits per heavy atom. The summed E-state index contributed by atoms with van der Waals surface area (Å²) >= 11 is 0. The predicted octanol–water partition coefficient (Wildman–Crippen LogP) is 2.46. The van der Waals surface area contributed by atoms with Gasteiger partial charge in [0.25, 0.3) is 11.8 Å². The quantitative estimate of drug-likeness (QED) is 0.777. The second-order valence-corrected chi connectivity index (χ2v) is 9.65. The van der Waals surface area contributed by atoms with Crippen LogP contribution in [0.2, 0.25) is 0 Å². The van der Waals surface area contributed by atoms with Crippen LogP contribution in [0.25, 0.3) is 0 Å². The summed E-state index contributed by atoms with van der Waals surface area (Å²) in [6.07, 6.45) is 11.1. The maximum atomic E-state index is 12.7. The summed E-state index contributed by atoms with van der Waals surface area (Å²) in [7, 11) is -0.359. The standard InChI is InChI=1S/C19H31N3O2S/c1-15(16-9-5-4-6-10-16)20-19-21-17(23)13-25(19)14-18(24)22-11-7-2-3-8-12-22/h15-16H,2-14H2,1H3/p+1/t15-,25?/m0/s1. The Hall–Kier alpha value is -1.04. The Labute approximate surface area is 154 Å². The third kappa shape index (κ3) is 5.22. The summed E-state index contributed by atoms with van der Waals surface area (Å²) in [5.41, 5.74) is 0. The maximum absolute atomic E-state index is 12.7. The van der Waals surface area contributed by atoms with Gasteiger partial charge in [0, 0.05) is 13.1 Å². The van der Waals surface area contributed by atoms with E-state index < -0.39 is 0 Å². The van der Waals surface area contributed by atoms with Gasteiger partial charge in [-0.3, -0.25) is 14.9 Å². The summed E-state index contributed by atoms with van der Waals surface area (Å²) in [5.74, 6) is 1.76. The second-order valence-electron chi connectivity index (χ2n) is 7.70. The van der Waals surface area contributed by atoms with Gasteiger partial charge >= 0.3 is 5.17 Å². The van der Waals surface area contributed by atoms with Gasteiger partial charge in [0.2, 0.25) is 0 Å². The number of rotatable bonds is 4. The largest absolute Gasteiger partial charge is 0.339 e. The number of carbonyl (C=O) groups is 2. The number of amidine groups is 1. The molecule has 1 N–H and O–H groups in total. The van der Waals surface area contributed by atoms with Crippen LogP contribution < -0.4 is 5.32 Å². The van der Waals surface area contributed by atoms with E-state index in [1.54, 1.807) is 0 Å². The van der Waals surface area contributed by atoms with Crippen LogP contribution in [0.5, 0.6) is 0 Å². The molecule has 1 saturated carbocycles. The zero-order valence-corrected chi connectivity index (χ0v) is 16.3. The zero-order valence-electron chi connectivity index (χ0n) is 15.5. The normalized spacial score (nSPS) is 28.7. The van der Waals surface area contributed by atoms with Gasteiger partial charge in [-0.15, -0.1) is 0 Å². The van der Waals surface area contributed by atoms with Gasteiger partial charge in [0.15, 0.2) is 11.5 Å². The fourth-order valence-corrected chi connectivity index (χ4v) is 5.97. The monoisotopic (exact) mass is 366 g/mol. The lowest BCUT2D eigenvalue weighted by atomic mass is 9.85. The Morgan fingerprint density at radius 3 is 2.48 bits per heavy atom. The van der Waals surface area contributed by atoms with E-state index >= 15 is 0 Å². The number of hydrogen-bond acceptors (Lipinski definition) is 3. The van der Waals surface area contributed by atoms with Gasteiger partial charge in [-0.25, -0.2) is 4.99 Å². The van der Waals surface area contributed by atoms with Crippen molar-refractivity contribution >= 4 is 27.9 Å². The van der Waals surface area contributed by atoms with Crippen molar-refractivity contribution in [2.24, 2.45) is 10.9 Å². The summed E-state index contributed by atoms with van der Waals surface area (Å²) < 4.78 is 0. The van der Waals surface area contributed by atoms with Crippen molar-refractivity contribution in [3.63, 3.8) is 0 Å². The molecule has 3 rings (SSSR count). The molecule has 1 unspecified atom stereocenters. The average Bonchev–Trinajstić information content (AvgIpc) is 2.82. The van der Waals surface area contributed by atoms with Crippen molar-refractivity contribution in [1.82, 2.24) is 10.2 Å². The minimum atomic E-state index is -0.359. The van der Waals surface area contributed by atoms with E-state index in [0.29, 0.717) is 17.4 Å². The van der Waals surface area contributed by atoms with Gasteiger partial charge in [-0.1, -0.05) is 32.1 Å². The number of aliphatic imine (C=N–C) groups is 1. The highest BCUT2D eigenvalue weighted by molar-refractivity contribution is 8.12. The lowest BCUT2D eigenvalue weighted by Crippen LogP contribution is -2.38. The molecule has 0 bridgehead atoms. The smallest absolute Gasteiger partial charge is 0.322 e. The van der Waals surface area contributed by atoms with E-state index in [-0.39, 0.29) is 28.8 Å². The topological polar surface area (TPSA) is 61.8 Å². The van der Waals surface area contributed by atoms with Gasteiger partial charge in [-0.2, -0.15) is 0 Å². The predicted molar refractivity (Wildman–Crippen MR) is 104 cm³/mol. The van der Waals surface area contributed by atoms with Crippen LogP contribution in [0, 0.1) is 5.92 Å². The molecule has 2 atom stereocenters. The van der Waals surface area contributed by atoms with Crippen LogP contribution in [0.1, 0.15) is 64.7 Å². The van der Waals surface area contributed by atoms with Crippen molar-refractivity contribution in [2.75, 3.05) is 24.6 Å². The first-order valence-corrected chi connectivity index (χ1v) is 11.5. The molecule has 0 aromatic carbocycles. The maximum Gasteiger partial charge on any atom is 0.322 e. The lowest BCUT2D eigenvalue weighted by molar-refractivity contribution is -0.128. The first-order chi connectivity index (χ1) is 12.1. The SMILES string of the molecule is C[C@H](N=C1NC(=O)C[S+]1CC(=O)N1CCCCCC1)C1CCCCC1. The minimum Gasteiger partial charge on any atom is -0.339 e. The molecule has 3 aliphatic rings. The van der Waals surface area contributed by atoms with Crippen LogP contribution in [-0.4, -0.2) is 52.5 Å². The minimum absolute atomic E-state index is 0.0293. The lowest BCUT2D eigenvalue weighted by Gasteiger charge is -2.24. The third-order valence-electron chi connectivity index (χ3n) is 5.73. The molecule has 2 aliphatic heterocycles. The Bertz CT molecular complexity index is 509. The molecule has 25 heavy (non-hydrogen) atoms. The molecule has 0 spiro atoms. The molecule has 2 amide bonds. The van der Waals surface area contributed by atoms with E-state index in [1.165, 1.54) is 44.9 Å². The molecule has 0 aromatic rings. The summed E-state index contributed by atoms with van der Waals surface area (Å²) in [6, 6.07) is 0.247. The first-order valence-electron chi connectivity index (χ1n) is 9.96. The molecular weight excluding hydrogens is 334 g/mol. The molecule has 140 valence electrons. The van der Waals surface area contributed by atoms with Crippen molar-refractivity contribution in [3.8, 4) is 0 Å². The van der Waals surface area contributed by atoms with E-state index in [9.17, 15) is 9.59 Å². The van der Waals surface area contributed by atoms with Gasteiger partial charge < -0.3 is 4.90 Å². The number of likely N-dealkylation sites (tertiary alicyclic amines) is 1. The fourth-order valence-electron chi connectivity index (χ4n) is 4.15. The van der Waals surface area contributed by atoms with E-state index in [2.05, 4.69) is 12.2 Å². The molecule has 0 radical (unpaired) electrons. The Balaban J connectivity index is 1.61. The van der Waals surface area contributed by atoms with Crippen LogP contribution in [0.3, 0.4) is 0 Å². The van der Waals surface area contributed by atoms with E-state index in [0.717, 1.165) is 31.1 Å². The molecular formula is C19H32N3O2S+. The third-order valence-corrected chi connectivity index (χ3v) is 7.69. The molecule has 2 heterocycles. The van der Waals surface area contributed by atoms with Crippen LogP contribution >= 0.6 is 0 Å². The van der Waals surface area contributed by atoms with Crippen molar-refractivity contribution in [1.29, 1.82) is 0 Å². The number of nitrogens with one attached hydrogen (secondary N) is 1. The van der Waals surface area contributed by atoms with E-state index in [4.69, 9.17) is 4.99 Å². The molecule has 3 fully saturated rings. The Morgan fingerprint density at radius 1 is 1.16 bits per heavy atom. The summed E-state index contributed by atoms with van der Waals surface area (Å²) in [5, 5.41) is 3.74. The van der Waals surface area contributed by atoms with Gasteiger partial charge in [-0.05, 0) is 38.5 Å². The highest BCUT2D eigenvalue weighted by Gasteiger charge is 2.42. The number of amides is 2. The van der Waals surface area contributed by atoms with Crippen LogP contribution in [-0.2, 0) is 20.5 Å². The fraction of sp³-hybridized carbons (Fsp3) is 0.842. The van der Waals surface area contributed by atoms with Crippen molar-refractivity contribution in [3.05, 3.63) is 0 Å². The highest BCUT2D eigenvalue weighted by atomic mass is 32.2. The van der Waals surface area contributed by atoms with Gasteiger partial charge in [0.1, 0.15) is 0 Å². The second kappa shape index (κ2) is 9.06. The Kier molecular flexibility index (Phi) is 6.79. The number of carbonyl (C=O) groups excluding carboxylic acids is 2. The molecule has 2 saturated heterocycles. The molecule has 5 nitrogen and oxygen atoms in total.